The summed E-state index contributed by atoms with van der Waals surface area (Å²) in [6.45, 7) is 6.39. The molecule has 0 saturated heterocycles. The Morgan fingerprint density at radius 1 is 0.857 bits per heavy atom. The lowest BCUT2D eigenvalue weighted by molar-refractivity contribution is -0.140. The van der Waals surface area contributed by atoms with Crippen LogP contribution in [0.1, 0.15) is 50.7 Å². The van der Waals surface area contributed by atoms with E-state index in [1.165, 1.54) is 26.0 Å². The van der Waals surface area contributed by atoms with E-state index in [-0.39, 0.29) is 55.7 Å². The number of rotatable bonds is 17. The van der Waals surface area contributed by atoms with Crippen molar-refractivity contribution in [2.24, 2.45) is 0 Å². The molecule has 0 unspecified atom stereocenters. The van der Waals surface area contributed by atoms with E-state index in [4.69, 9.17) is 14.2 Å². The molecule has 0 radical (unpaired) electrons. The number of nitrogens with one attached hydrogen (secondary N) is 2. The summed E-state index contributed by atoms with van der Waals surface area (Å²) in [5, 5.41) is 14.9. The molecule has 0 aliphatic heterocycles. The molecule has 2 amide bonds. The van der Waals surface area contributed by atoms with Crippen molar-refractivity contribution < 1.29 is 43.3 Å². The minimum absolute atomic E-state index is 0.0712. The summed E-state index contributed by atoms with van der Waals surface area (Å²) >= 11 is 0. The van der Waals surface area contributed by atoms with E-state index in [1.807, 2.05) is 0 Å². The van der Waals surface area contributed by atoms with Crippen LogP contribution in [0.15, 0.2) is 60.7 Å². The Labute approximate surface area is 245 Å². The fraction of sp³-hybridized carbons (Fsp3) is 0.387. The van der Waals surface area contributed by atoms with Gasteiger partial charge in [0.1, 0.15) is 36.5 Å². The first-order valence-electron chi connectivity index (χ1n) is 13.6. The molecule has 2 rings (SSSR count). The summed E-state index contributed by atoms with van der Waals surface area (Å²) in [7, 11) is 0. The molecule has 226 valence electrons. The summed E-state index contributed by atoms with van der Waals surface area (Å²) in [6, 6.07) is 12.2. The number of carbonyl (C=O) groups is 5. The molecule has 0 aromatic heterocycles. The Hall–Kier alpha value is -4.67. The minimum Gasteiger partial charge on any atom is -0.508 e. The number of benzene rings is 2. The van der Waals surface area contributed by atoms with Crippen LogP contribution in [0, 0.1) is 0 Å². The first kappa shape index (κ1) is 33.5. The third-order valence-corrected chi connectivity index (χ3v) is 5.91. The highest BCUT2D eigenvalue weighted by molar-refractivity contribution is 5.87. The average molecular weight is 583 g/mol. The number of ketones is 1. The Balaban J connectivity index is 1.85. The number of Topliss-reactive ketones (excluding diaryl/α,β-unsaturated/α-hetero) is 1. The second kappa shape index (κ2) is 17.9. The molecule has 0 aliphatic carbocycles. The van der Waals surface area contributed by atoms with Crippen molar-refractivity contribution in [1.82, 2.24) is 10.6 Å². The molecule has 0 bridgehead atoms. The van der Waals surface area contributed by atoms with E-state index in [9.17, 15) is 29.1 Å². The molecule has 0 heterocycles. The number of carbonyl (C=O) groups excluding carboxylic acids is 5. The van der Waals surface area contributed by atoms with Crippen LogP contribution in [0.25, 0.3) is 0 Å². The number of unbranched alkanes of at least 4 members (excludes halogenated alkanes) is 1. The van der Waals surface area contributed by atoms with Gasteiger partial charge in [-0.15, -0.1) is 0 Å². The van der Waals surface area contributed by atoms with Gasteiger partial charge in [0.05, 0.1) is 0 Å². The Morgan fingerprint density at radius 2 is 1.48 bits per heavy atom. The van der Waals surface area contributed by atoms with Gasteiger partial charge in [0.2, 0.25) is 5.91 Å². The molecule has 11 heteroatoms. The van der Waals surface area contributed by atoms with Crippen molar-refractivity contribution >= 4 is 29.7 Å². The number of phenols is 1. The summed E-state index contributed by atoms with van der Waals surface area (Å²) in [4.78, 5) is 59.7. The number of phenolic OH excluding ortho intramolecular Hbond substituents is 1. The summed E-state index contributed by atoms with van der Waals surface area (Å²) < 4.78 is 15.2. The Bertz CT molecular complexity index is 1220. The standard InChI is InChI=1S/C31H38N2O9/c1-21(2)30(38)40-18-19-41-31(39)33-27(20-24-8-12-25(35)13-9-24)29(37)32-17-16-23-10-14-26(15-11-23)42-28(36)7-5-4-6-22(3)34/h8-15,27,35H,1,4-7,16-20H2,2-3H3,(H,32,37)(H,33,39)/t27-/m0/s1. The van der Waals surface area contributed by atoms with Crippen LogP contribution in [0.5, 0.6) is 11.5 Å². The number of ether oxygens (including phenoxy) is 3. The zero-order valence-electron chi connectivity index (χ0n) is 24.0. The van der Waals surface area contributed by atoms with Gasteiger partial charge < -0.3 is 34.7 Å². The molecule has 3 N–H and O–H groups in total. The molecule has 2 aromatic rings. The van der Waals surface area contributed by atoms with Gasteiger partial charge in [-0.25, -0.2) is 9.59 Å². The lowest BCUT2D eigenvalue weighted by Crippen LogP contribution is -2.48. The molecule has 0 aliphatic rings. The second-order valence-electron chi connectivity index (χ2n) is 9.69. The molecule has 1 atom stereocenters. The SMILES string of the molecule is C=C(C)C(=O)OCCOC(=O)N[C@@H](Cc1ccc(O)cc1)C(=O)NCCc1ccc(OC(=O)CCCCC(C)=O)cc1. The number of alkyl carbamates (subject to hydrolysis) is 1. The van der Waals surface area contributed by atoms with E-state index in [0.29, 0.717) is 37.0 Å². The van der Waals surface area contributed by atoms with Gasteiger partial charge in [-0.3, -0.25) is 9.59 Å². The average Bonchev–Trinajstić information content (AvgIpc) is 2.94. The first-order chi connectivity index (χ1) is 20.0. The topological polar surface area (TPSA) is 157 Å². The molecular weight excluding hydrogens is 544 g/mol. The molecule has 0 fully saturated rings. The van der Waals surface area contributed by atoms with Gasteiger partial charge in [0, 0.05) is 31.4 Å². The number of esters is 2. The van der Waals surface area contributed by atoms with Gasteiger partial charge in [0.15, 0.2) is 0 Å². The van der Waals surface area contributed by atoms with Gasteiger partial charge in [-0.2, -0.15) is 0 Å². The highest BCUT2D eigenvalue weighted by Gasteiger charge is 2.22. The molecule has 0 spiro atoms. The van der Waals surface area contributed by atoms with E-state index in [1.54, 1.807) is 36.4 Å². The van der Waals surface area contributed by atoms with Gasteiger partial charge in [0.25, 0.3) is 0 Å². The summed E-state index contributed by atoms with van der Waals surface area (Å²) in [6.07, 6.45) is 1.68. The lowest BCUT2D eigenvalue weighted by atomic mass is 10.0. The van der Waals surface area contributed by atoms with Gasteiger partial charge >= 0.3 is 18.0 Å². The largest absolute Gasteiger partial charge is 0.508 e. The smallest absolute Gasteiger partial charge is 0.407 e. The van der Waals surface area contributed by atoms with Crippen LogP contribution in [0.4, 0.5) is 4.79 Å². The summed E-state index contributed by atoms with van der Waals surface area (Å²) in [5.74, 6) is -0.831. The van der Waals surface area contributed by atoms with Gasteiger partial charge in [-0.05, 0) is 68.5 Å². The third kappa shape index (κ3) is 13.6. The number of hydrogen-bond donors (Lipinski definition) is 3. The molecule has 11 nitrogen and oxygen atoms in total. The summed E-state index contributed by atoms with van der Waals surface area (Å²) in [5.41, 5.74) is 1.81. The third-order valence-electron chi connectivity index (χ3n) is 5.91. The van der Waals surface area contributed by atoms with Crippen molar-refractivity contribution in [3.63, 3.8) is 0 Å². The Kier molecular flexibility index (Phi) is 14.3. The normalized spacial score (nSPS) is 11.1. The van der Waals surface area contributed by atoms with E-state index < -0.39 is 24.0 Å². The molecule has 42 heavy (non-hydrogen) atoms. The lowest BCUT2D eigenvalue weighted by Gasteiger charge is -2.19. The number of aromatic hydroxyl groups is 1. The highest BCUT2D eigenvalue weighted by Crippen LogP contribution is 2.15. The quantitative estimate of drug-likeness (QED) is 0.110. The van der Waals surface area contributed by atoms with Crippen LogP contribution >= 0.6 is 0 Å². The van der Waals surface area contributed by atoms with Crippen molar-refractivity contribution in [3.8, 4) is 11.5 Å². The first-order valence-corrected chi connectivity index (χ1v) is 13.6. The van der Waals surface area contributed by atoms with E-state index in [2.05, 4.69) is 17.2 Å². The van der Waals surface area contributed by atoms with E-state index >= 15 is 0 Å². The predicted octanol–water partition coefficient (Wildman–Crippen LogP) is 3.56. The Morgan fingerprint density at radius 3 is 2.12 bits per heavy atom. The predicted molar refractivity (Wildman–Crippen MR) is 154 cm³/mol. The second-order valence-corrected chi connectivity index (χ2v) is 9.69. The monoisotopic (exact) mass is 582 g/mol. The maximum Gasteiger partial charge on any atom is 0.407 e. The van der Waals surface area contributed by atoms with Crippen LogP contribution in [-0.2, 0) is 41.5 Å². The zero-order chi connectivity index (χ0) is 30.9. The fourth-order valence-corrected chi connectivity index (χ4v) is 3.66. The highest BCUT2D eigenvalue weighted by atomic mass is 16.6. The molecule has 0 saturated carbocycles. The molecular formula is C31H38N2O9. The van der Waals surface area contributed by atoms with Crippen molar-refractivity contribution in [2.75, 3.05) is 19.8 Å². The maximum absolute atomic E-state index is 13.0. The van der Waals surface area contributed by atoms with Crippen LogP contribution in [0.2, 0.25) is 0 Å². The fourth-order valence-electron chi connectivity index (χ4n) is 3.66. The van der Waals surface area contributed by atoms with Crippen LogP contribution in [-0.4, -0.2) is 60.6 Å². The van der Waals surface area contributed by atoms with Crippen LogP contribution in [0.3, 0.4) is 0 Å². The number of amides is 2. The minimum atomic E-state index is -0.975. The van der Waals surface area contributed by atoms with E-state index in [0.717, 1.165) is 5.56 Å². The maximum atomic E-state index is 13.0. The van der Waals surface area contributed by atoms with Crippen molar-refractivity contribution in [3.05, 3.63) is 71.8 Å². The van der Waals surface area contributed by atoms with Crippen LogP contribution < -0.4 is 15.4 Å². The van der Waals surface area contributed by atoms with Crippen molar-refractivity contribution in [2.45, 2.75) is 58.4 Å². The number of hydrogen-bond acceptors (Lipinski definition) is 9. The zero-order valence-corrected chi connectivity index (χ0v) is 24.0. The van der Waals surface area contributed by atoms with Crippen molar-refractivity contribution in [1.29, 1.82) is 0 Å². The van der Waals surface area contributed by atoms with Gasteiger partial charge in [-0.1, -0.05) is 30.8 Å². The molecule has 2 aromatic carbocycles.